The highest BCUT2D eigenvalue weighted by molar-refractivity contribution is 7.69. The van der Waals surface area contributed by atoms with Crippen LogP contribution in [0.4, 0.5) is 0 Å². The summed E-state index contributed by atoms with van der Waals surface area (Å²) in [5.74, 6) is 0. The molecule has 2 aromatic rings. The molecule has 0 spiro atoms. The first kappa shape index (κ1) is 16.1. The van der Waals surface area contributed by atoms with Crippen molar-refractivity contribution in [2.45, 2.75) is 34.6 Å². The molecule has 0 saturated heterocycles. The molecule has 0 N–H and O–H groups in total. The molecular weight excluding hydrogens is 248 g/mol. The largest absolute Gasteiger partial charge is 0.277 e. The van der Waals surface area contributed by atoms with Crippen molar-refractivity contribution < 1.29 is 0 Å². The normalized spacial score (nSPS) is 8.53. The summed E-state index contributed by atoms with van der Waals surface area (Å²) in [6, 6.07) is 9.91. The Morgan fingerprint density at radius 3 is 1.82 bits per heavy atom. The molecule has 1 heterocycles. The Morgan fingerprint density at radius 1 is 0.882 bits per heavy atom. The number of hydrogen-bond donors (Lipinski definition) is 0. The average molecular weight is 268 g/mol. The zero-order chi connectivity index (χ0) is 13.3. The number of hydrogen-bond acceptors (Lipinski definition) is 3. The van der Waals surface area contributed by atoms with Gasteiger partial charge >= 0.3 is 0 Å². The van der Waals surface area contributed by atoms with Crippen LogP contribution in [0.25, 0.3) is 10.4 Å². The van der Waals surface area contributed by atoms with Crippen molar-refractivity contribution in [1.82, 2.24) is 0 Å². The SMILES string of the molecule is CC.CC.Cc1ccc(-c2cc(=O)ss2)cc1. The van der Waals surface area contributed by atoms with Crippen LogP contribution in [0.15, 0.2) is 35.1 Å². The molecule has 0 saturated carbocycles. The third kappa shape index (κ3) is 5.29. The third-order valence-corrected chi connectivity index (χ3v) is 3.98. The van der Waals surface area contributed by atoms with Gasteiger partial charge in [-0.15, -0.1) is 0 Å². The van der Waals surface area contributed by atoms with Gasteiger partial charge in [0, 0.05) is 10.9 Å². The van der Waals surface area contributed by atoms with Crippen molar-refractivity contribution in [3.8, 4) is 10.4 Å². The smallest absolute Gasteiger partial charge is 0.243 e. The molecule has 0 unspecified atom stereocenters. The van der Waals surface area contributed by atoms with Crippen molar-refractivity contribution in [3.05, 3.63) is 45.4 Å². The Balaban J connectivity index is 0.000000581. The molecule has 94 valence electrons. The molecule has 0 aliphatic rings. The summed E-state index contributed by atoms with van der Waals surface area (Å²) in [6.07, 6.45) is 0. The van der Waals surface area contributed by atoms with Crippen LogP contribution in [0.1, 0.15) is 33.3 Å². The fourth-order valence-electron chi connectivity index (χ4n) is 1.09. The molecule has 0 bridgehead atoms. The Bertz CT molecular complexity index is 452. The molecule has 0 amide bonds. The molecule has 0 radical (unpaired) electrons. The van der Waals surface area contributed by atoms with Gasteiger partial charge in [-0.3, -0.25) is 4.79 Å². The van der Waals surface area contributed by atoms with Crippen molar-refractivity contribution in [1.29, 1.82) is 0 Å². The molecule has 17 heavy (non-hydrogen) atoms. The lowest BCUT2D eigenvalue weighted by molar-refractivity contribution is 1.48. The van der Waals surface area contributed by atoms with Gasteiger partial charge in [0.2, 0.25) is 4.74 Å². The fourth-order valence-corrected chi connectivity index (χ4v) is 2.98. The van der Waals surface area contributed by atoms with Crippen LogP contribution in [-0.2, 0) is 0 Å². The molecule has 0 aliphatic carbocycles. The van der Waals surface area contributed by atoms with Crippen LogP contribution >= 0.6 is 20.7 Å². The number of rotatable bonds is 1. The summed E-state index contributed by atoms with van der Waals surface area (Å²) >= 11 is 0. The minimum Gasteiger partial charge on any atom is -0.277 e. The minimum absolute atomic E-state index is 0.139. The van der Waals surface area contributed by atoms with Gasteiger partial charge < -0.3 is 0 Å². The van der Waals surface area contributed by atoms with Crippen LogP contribution < -0.4 is 4.74 Å². The maximum absolute atomic E-state index is 11.0. The summed E-state index contributed by atoms with van der Waals surface area (Å²) < 4.78 is 0.139. The van der Waals surface area contributed by atoms with Crippen LogP contribution in [0, 0.1) is 6.92 Å². The monoisotopic (exact) mass is 268 g/mol. The first-order valence-electron chi connectivity index (χ1n) is 5.93. The molecule has 1 aromatic carbocycles. The lowest BCUT2D eigenvalue weighted by Gasteiger charge is -1.95. The van der Waals surface area contributed by atoms with E-state index in [1.54, 1.807) is 6.07 Å². The first-order valence-corrected chi connectivity index (χ1v) is 8.08. The minimum atomic E-state index is 0.139. The highest BCUT2D eigenvalue weighted by atomic mass is 32.9. The molecule has 0 fully saturated rings. The lowest BCUT2D eigenvalue weighted by atomic mass is 10.1. The van der Waals surface area contributed by atoms with Gasteiger partial charge in [0.25, 0.3) is 0 Å². The standard InChI is InChI=1S/C10H8OS2.2C2H6/c1-7-2-4-8(5-3-7)9-6-10(11)13-12-9;2*1-2/h2-6H,1H3;2*1-2H3. The topological polar surface area (TPSA) is 17.1 Å². The van der Waals surface area contributed by atoms with E-state index in [0.29, 0.717) is 0 Å². The highest BCUT2D eigenvalue weighted by Gasteiger charge is 2.00. The third-order valence-electron chi connectivity index (χ3n) is 1.80. The summed E-state index contributed by atoms with van der Waals surface area (Å²) in [6.45, 7) is 10.1. The summed E-state index contributed by atoms with van der Waals surface area (Å²) in [7, 11) is 2.83. The molecular formula is C14H20OS2. The van der Waals surface area contributed by atoms with Crippen LogP contribution in [0.3, 0.4) is 0 Å². The Labute approximate surface area is 111 Å². The maximum Gasteiger partial charge on any atom is 0.243 e. The predicted octanol–water partition coefficient (Wildman–Crippen LogP) is 5.20. The predicted molar refractivity (Wildman–Crippen MR) is 81.3 cm³/mol. The van der Waals surface area contributed by atoms with Crippen LogP contribution in [0.2, 0.25) is 0 Å². The van der Waals surface area contributed by atoms with Crippen molar-refractivity contribution in [2.75, 3.05) is 0 Å². The van der Waals surface area contributed by atoms with E-state index in [9.17, 15) is 4.79 Å². The van der Waals surface area contributed by atoms with Gasteiger partial charge in [-0.2, -0.15) is 0 Å². The van der Waals surface area contributed by atoms with Crippen LogP contribution in [-0.4, -0.2) is 0 Å². The summed E-state index contributed by atoms with van der Waals surface area (Å²) in [5.41, 5.74) is 2.38. The second kappa shape index (κ2) is 9.14. The quantitative estimate of drug-likeness (QED) is 0.650. The second-order valence-electron chi connectivity index (χ2n) is 2.86. The summed E-state index contributed by atoms with van der Waals surface area (Å²) in [4.78, 5) is 12.0. The van der Waals surface area contributed by atoms with E-state index < -0.39 is 0 Å². The average Bonchev–Trinajstić information content (AvgIpc) is 2.82. The van der Waals surface area contributed by atoms with E-state index in [1.807, 2.05) is 39.8 Å². The molecule has 0 aliphatic heterocycles. The van der Waals surface area contributed by atoms with E-state index in [-0.39, 0.29) is 4.74 Å². The van der Waals surface area contributed by atoms with Gasteiger partial charge in [0.1, 0.15) is 0 Å². The maximum atomic E-state index is 11.0. The first-order chi connectivity index (χ1) is 8.25. The van der Waals surface area contributed by atoms with Gasteiger partial charge in [-0.1, -0.05) is 67.9 Å². The molecule has 0 atom stereocenters. The number of benzene rings is 1. The van der Waals surface area contributed by atoms with E-state index >= 15 is 0 Å². The molecule has 1 nitrogen and oxygen atoms in total. The van der Waals surface area contributed by atoms with Crippen molar-refractivity contribution in [2.24, 2.45) is 0 Å². The molecule has 2 rings (SSSR count). The van der Waals surface area contributed by atoms with E-state index in [1.165, 1.54) is 26.2 Å². The van der Waals surface area contributed by atoms with Crippen LogP contribution in [0.5, 0.6) is 0 Å². The van der Waals surface area contributed by atoms with Gasteiger partial charge in [-0.05, 0) is 22.8 Å². The Hall–Kier alpha value is -0.930. The lowest BCUT2D eigenvalue weighted by Crippen LogP contribution is -1.82. The Kier molecular flexibility index (Phi) is 8.64. The second-order valence-corrected chi connectivity index (χ2v) is 5.04. The van der Waals surface area contributed by atoms with Gasteiger partial charge in [0.05, 0.1) is 0 Å². The summed E-state index contributed by atoms with van der Waals surface area (Å²) in [5, 5.41) is 0. The highest BCUT2D eigenvalue weighted by Crippen LogP contribution is 2.24. The Morgan fingerprint density at radius 2 is 1.41 bits per heavy atom. The number of aryl methyl sites for hydroxylation is 1. The van der Waals surface area contributed by atoms with Crippen molar-refractivity contribution in [3.63, 3.8) is 0 Å². The van der Waals surface area contributed by atoms with E-state index in [4.69, 9.17) is 0 Å². The van der Waals surface area contributed by atoms with Gasteiger partial charge in [0.15, 0.2) is 0 Å². The van der Waals surface area contributed by atoms with Gasteiger partial charge in [-0.25, -0.2) is 0 Å². The van der Waals surface area contributed by atoms with Crippen molar-refractivity contribution >= 4 is 20.7 Å². The van der Waals surface area contributed by atoms with E-state index in [2.05, 4.69) is 19.1 Å². The zero-order valence-electron chi connectivity index (χ0n) is 11.1. The fraction of sp³-hybridized carbons (Fsp3) is 0.357. The molecule has 3 heteroatoms. The van der Waals surface area contributed by atoms with E-state index in [0.717, 1.165) is 10.4 Å². The molecule has 1 aromatic heterocycles. The zero-order valence-corrected chi connectivity index (χ0v) is 12.7.